The van der Waals surface area contributed by atoms with E-state index in [0.29, 0.717) is 16.5 Å². The van der Waals surface area contributed by atoms with Gasteiger partial charge >= 0.3 is 0 Å². The number of hydrogen-bond acceptors (Lipinski definition) is 4. The minimum Gasteiger partial charge on any atom is -0.339 e. The van der Waals surface area contributed by atoms with Crippen LogP contribution in [0, 0.1) is 0 Å². The molecule has 1 aromatic heterocycles. The van der Waals surface area contributed by atoms with Crippen molar-refractivity contribution in [3.63, 3.8) is 0 Å². The maximum absolute atomic E-state index is 11.3. The highest BCUT2D eigenvalue weighted by molar-refractivity contribution is 9.10. The molecule has 0 aliphatic rings. The Bertz CT molecular complexity index is 702. The molecule has 0 aliphatic carbocycles. The molecule has 19 heavy (non-hydrogen) atoms. The van der Waals surface area contributed by atoms with Crippen LogP contribution in [0.1, 0.15) is 0 Å². The minimum absolute atomic E-state index is 0.271. The van der Waals surface area contributed by atoms with Crippen LogP contribution in [0.5, 0.6) is 0 Å². The first-order chi connectivity index (χ1) is 8.86. The van der Waals surface area contributed by atoms with E-state index in [1.165, 1.54) is 18.4 Å². The maximum Gasteiger partial charge on any atom is 0.175 e. The molecule has 1 aromatic carbocycles. The number of nitrogens with zero attached hydrogens (tertiary/aromatic N) is 1. The molecule has 0 bridgehead atoms. The molecule has 7 heteroatoms. The quantitative estimate of drug-likeness (QED) is 0.906. The lowest BCUT2D eigenvalue weighted by Crippen LogP contribution is -1.98. The number of halogens is 2. The van der Waals surface area contributed by atoms with Crippen molar-refractivity contribution in [1.29, 1.82) is 0 Å². The maximum atomic E-state index is 11.3. The number of hydrogen-bond donors (Lipinski definition) is 1. The highest BCUT2D eigenvalue weighted by atomic mass is 79.9. The van der Waals surface area contributed by atoms with E-state index in [0.717, 1.165) is 4.47 Å². The van der Waals surface area contributed by atoms with E-state index in [9.17, 15) is 8.42 Å². The highest BCUT2D eigenvalue weighted by Gasteiger charge is 2.07. The van der Waals surface area contributed by atoms with Crippen LogP contribution < -0.4 is 5.32 Å². The molecular weight excluding hydrogens is 352 g/mol. The number of aromatic nitrogens is 1. The third kappa shape index (κ3) is 3.68. The predicted molar refractivity (Wildman–Crippen MR) is 79.8 cm³/mol. The molecule has 0 fully saturated rings. The van der Waals surface area contributed by atoms with Gasteiger partial charge in [0.1, 0.15) is 5.82 Å². The first-order valence-corrected chi connectivity index (χ1v) is 8.31. The van der Waals surface area contributed by atoms with Crippen molar-refractivity contribution in [2.75, 3.05) is 11.6 Å². The van der Waals surface area contributed by atoms with Crippen LogP contribution in [0.15, 0.2) is 45.9 Å². The average molecular weight is 362 g/mol. The van der Waals surface area contributed by atoms with Gasteiger partial charge in [-0.15, -0.1) is 0 Å². The van der Waals surface area contributed by atoms with Gasteiger partial charge in [-0.05, 0) is 46.3 Å². The summed E-state index contributed by atoms with van der Waals surface area (Å²) < 4.78 is 23.5. The minimum atomic E-state index is -3.18. The van der Waals surface area contributed by atoms with E-state index in [4.69, 9.17) is 11.6 Å². The molecule has 2 rings (SSSR count). The monoisotopic (exact) mass is 360 g/mol. The van der Waals surface area contributed by atoms with Gasteiger partial charge in [-0.25, -0.2) is 13.4 Å². The van der Waals surface area contributed by atoms with E-state index >= 15 is 0 Å². The summed E-state index contributed by atoms with van der Waals surface area (Å²) in [5.41, 5.74) is 0.712. The van der Waals surface area contributed by atoms with Gasteiger partial charge < -0.3 is 5.32 Å². The Balaban J connectivity index is 2.25. The zero-order valence-electron chi connectivity index (χ0n) is 9.89. The molecule has 0 unspecified atom stereocenters. The number of nitrogens with one attached hydrogen (secondary N) is 1. The lowest BCUT2D eigenvalue weighted by atomic mass is 10.3. The summed E-state index contributed by atoms with van der Waals surface area (Å²) in [7, 11) is -3.18. The third-order valence-corrected chi connectivity index (χ3v) is 4.20. The fourth-order valence-corrected chi connectivity index (χ4v) is 2.74. The second-order valence-electron chi connectivity index (χ2n) is 3.91. The smallest absolute Gasteiger partial charge is 0.175 e. The molecule has 1 N–H and O–H groups in total. The molecule has 0 amide bonds. The third-order valence-electron chi connectivity index (χ3n) is 2.35. The molecule has 0 aliphatic heterocycles. The van der Waals surface area contributed by atoms with Crippen LogP contribution >= 0.6 is 27.5 Å². The van der Waals surface area contributed by atoms with Crippen molar-refractivity contribution in [2.45, 2.75) is 4.90 Å². The summed E-state index contributed by atoms with van der Waals surface area (Å²) in [5, 5.41) is 3.49. The van der Waals surface area contributed by atoms with Crippen molar-refractivity contribution in [1.82, 2.24) is 4.98 Å². The lowest BCUT2D eigenvalue weighted by molar-refractivity contribution is 0.602. The SMILES string of the molecule is CS(=O)(=O)c1ccc(Nc2ncc(Br)cc2Cl)cc1. The van der Waals surface area contributed by atoms with Crippen molar-refractivity contribution in [2.24, 2.45) is 0 Å². The van der Waals surface area contributed by atoms with Gasteiger partial charge in [0.2, 0.25) is 0 Å². The van der Waals surface area contributed by atoms with Gasteiger partial charge in [-0.3, -0.25) is 0 Å². The predicted octanol–water partition coefficient (Wildman–Crippen LogP) is 3.64. The number of rotatable bonds is 3. The number of benzene rings is 1. The summed E-state index contributed by atoms with van der Waals surface area (Å²) >= 11 is 9.30. The van der Waals surface area contributed by atoms with Crippen LogP contribution in [-0.2, 0) is 9.84 Å². The molecule has 0 radical (unpaired) electrons. The fraction of sp³-hybridized carbons (Fsp3) is 0.0833. The van der Waals surface area contributed by atoms with E-state index < -0.39 is 9.84 Å². The molecule has 1 heterocycles. The second kappa shape index (κ2) is 5.48. The Labute approximate surface area is 124 Å². The van der Waals surface area contributed by atoms with Gasteiger partial charge in [-0.2, -0.15) is 0 Å². The number of sulfone groups is 1. The van der Waals surface area contributed by atoms with Gasteiger partial charge in [0.05, 0.1) is 9.92 Å². The zero-order valence-corrected chi connectivity index (χ0v) is 13.1. The summed E-state index contributed by atoms with van der Waals surface area (Å²) in [6.07, 6.45) is 2.79. The summed E-state index contributed by atoms with van der Waals surface area (Å²) in [4.78, 5) is 4.41. The summed E-state index contributed by atoms with van der Waals surface area (Å²) in [5.74, 6) is 0.511. The van der Waals surface area contributed by atoms with Crippen molar-refractivity contribution < 1.29 is 8.42 Å². The molecule has 0 atom stereocenters. The van der Waals surface area contributed by atoms with Crippen LogP contribution in [0.4, 0.5) is 11.5 Å². The van der Waals surface area contributed by atoms with Gasteiger partial charge in [0.15, 0.2) is 9.84 Å². The Morgan fingerprint density at radius 2 is 1.89 bits per heavy atom. The Morgan fingerprint density at radius 3 is 2.42 bits per heavy atom. The van der Waals surface area contributed by atoms with Gasteiger partial charge in [-0.1, -0.05) is 11.6 Å². The van der Waals surface area contributed by atoms with E-state index in [1.807, 2.05) is 0 Å². The number of pyridine rings is 1. The molecule has 4 nitrogen and oxygen atoms in total. The molecule has 0 saturated heterocycles. The topological polar surface area (TPSA) is 59.1 Å². The van der Waals surface area contributed by atoms with Crippen molar-refractivity contribution >= 4 is 48.9 Å². The van der Waals surface area contributed by atoms with Crippen LogP contribution in [0.25, 0.3) is 0 Å². The van der Waals surface area contributed by atoms with E-state index in [2.05, 4.69) is 26.2 Å². The largest absolute Gasteiger partial charge is 0.339 e. The van der Waals surface area contributed by atoms with Crippen LogP contribution in [0.2, 0.25) is 5.02 Å². The normalized spacial score (nSPS) is 11.3. The van der Waals surface area contributed by atoms with Gasteiger partial charge in [0.25, 0.3) is 0 Å². The van der Waals surface area contributed by atoms with Crippen molar-refractivity contribution in [3.8, 4) is 0 Å². The molecular formula is C12H10BrClN2O2S. The molecule has 2 aromatic rings. The molecule has 0 spiro atoms. The molecule has 100 valence electrons. The summed E-state index contributed by atoms with van der Waals surface area (Å²) in [6.45, 7) is 0. The van der Waals surface area contributed by atoms with Crippen LogP contribution in [-0.4, -0.2) is 19.7 Å². The Kier molecular flexibility index (Phi) is 4.13. The highest BCUT2D eigenvalue weighted by Crippen LogP contribution is 2.26. The van der Waals surface area contributed by atoms with E-state index in [1.54, 1.807) is 24.4 Å². The summed E-state index contributed by atoms with van der Waals surface area (Å²) in [6, 6.07) is 8.11. The molecule has 0 saturated carbocycles. The fourth-order valence-electron chi connectivity index (χ4n) is 1.43. The zero-order chi connectivity index (χ0) is 14.0. The number of anilines is 2. The Morgan fingerprint density at radius 1 is 1.26 bits per heavy atom. The van der Waals surface area contributed by atoms with Gasteiger partial charge in [0, 0.05) is 22.6 Å². The first kappa shape index (κ1) is 14.3. The second-order valence-corrected chi connectivity index (χ2v) is 7.24. The average Bonchev–Trinajstić information content (AvgIpc) is 2.32. The van der Waals surface area contributed by atoms with Crippen molar-refractivity contribution in [3.05, 3.63) is 46.0 Å². The Hall–Kier alpha value is -1.11. The van der Waals surface area contributed by atoms with Crippen LogP contribution in [0.3, 0.4) is 0 Å². The van der Waals surface area contributed by atoms with E-state index in [-0.39, 0.29) is 4.90 Å². The lowest BCUT2D eigenvalue weighted by Gasteiger charge is -2.08. The first-order valence-electron chi connectivity index (χ1n) is 5.24. The standard InChI is InChI=1S/C12H10BrClN2O2S/c1-19(17,18)10-4-2-9(3-5-10)16-12-11(14)6-8(13)7-15-12/h2-7H,1H3,(H,15,16).